The molecule has 1 fully saturated rings. The predicted molar refractivity (Wildman–Crippen MR) is 131 cm³/mol. The zero-order chi connectivity index (χ0) is 24.9. The number of rotatable bonds is 5. The first-order valence-electron chi connectivity index (χ1n) is 11.4. The molecule has 1 atom stereocenters. The molecular formula is C25H34FN5O3. The molecule has 0 aliphatic carbocycles. The molecule has 0 radical (unpaired) electrons. The van der Waals surface area contributed by atoms with Gasteiger partial charge in [-0.25, -0.2) is 14.0 Å². The summed E-state index contributed by atoms with van der Waals surface area (Å²) in [6, 6.07) is 7.55. The quantitative estimate of drug-likeness (QED) is 0.587. The lowest BCUT2D eigenvalue weighted by Crippen LogP contribution is -2.60. The first kappa shape index (κ1) is 25.4. The van der Waals surface area contributed by atoms with E-state index in [9.17, 15) is 14.0 Å². The number of nitrogens with zero attached hydrogens (tertiary/aromatic N) is 2. The fourth-order valence-electron chi connectivity index (χ4n) is 4.02. The van der Waals surface area contributed by atoms with Crippen LogP contribution in [0.3, 0.4) is 0 Å². The van der Waals surface area contributed by atoms with Crippen molar-refractivity contribution in [2.45, 2.75) is 58.1 Å². The molecule has 184 valence electrons. The van der Waals surface area contributed by atoms with Gasteiger partial charge in [0.15, 0.2) is 0 Å². The molecule has 0 spiro atoms. The number of carbonyl (C=O) groups excluding carboxylic acids is 2. The number of nitrogens with one attached hydrogen (secondary N) is 3. The van der Waals surface area contributed by atoms with E-state index >= 15 is 0 Å². The second-order valence-electron chi connectivity index (χ2n) is 9.80. The normalized spacial score (nSPS) is 18.2. The van der Waals surface area contributed by atoms with E-state index in [1.165, 1.54) is 12.3 Å². The molecule has 3 amide bonds. The highest BCUT2D eigenvalue weighted by Gasteiger charge is 2.40. The molecule has 1 aliphatic heterocycles. The van der Waals surface area contributed by atoms with Crippen LogP contribution in [0, 0.1) is 12.7 Å². The van der Waals surface area contributed by atoms with Crippen LogP contribution in [0.2, 0.25) is 0 Å². The number of piperidine rings is 1. The molecule has 34 heavy (non-hydrogen) atoms. The van der Waals surface area contributed by atoms with Crippen LogP contribution in [0.4, 0.5) is 25.4 Å². The number of aryl methyl sites for hydroxylation is 1. The summed E-state index contributed by atoms with van der Waals surface area (Å²) in [5.74, 6) is -0.544. The molecule has 1 aromatic heterocycles. The lowest BCUT2D eigenvalue weighted by Gasteiger charge is -2.45. The third kappa shape index (κ3) is 6.66. The van der Waals surface area contributed by atoms with Gasteiger partial charge >= 0.3 is 12.1 Å². The van der Waals surface area contributed by atoms with Crippen LogP contribution in [0.5, 0.6) is 0 Å². The highest BCUT2D eigenvalue weighted by molar-refractivity contribution is 5.99. The van der Waals surface area contributed by atoms with E-state index in [2.05, 4.69) is 20.9 Å². The van der Waals surface area contributed by atoms with E-state index in [0.717, 1.165) is 30.6 Å². The fraction of sp³-hybridized carbons (Fsp3) is 0.480. The van der Waals surface area contributed by atoms with E-state index in [-0.39, 0.29) is 5.69 Å². The van der Waals surface area contributed by atoms with Crippen molar-refractivity contribution in [2.24, 2.45) is 0 Å². The summed E-state index contributed by atoms with van der Waals surface area (Å²) in [7, 11) is 1.74. The largest absolute Gasteiger partial charge is 0.444 e. The number of likely N-dealkylation sites (N-methyl/N-ethyl adjacent to an activating group) is 1. The maximum atomic E-state index is 14.5. The summed E-state index contributed by atoms with van der Waals surface area (Å²) in [6.07, 6.45) is 3.29. The zero-order valence-corrected chi connectivity index (χ0v) is 20.5. The number of carbonyl (C=O) groups is 2. The monoisotopic (exact) mass is 471 g/mol. The highest BCUT2D eigenvalue weighted by Crippen LogP contribution is 2.30. The van der Waals surface area contributed by atoms with Gasteiger partial charge in [-0.15, -0.1) is 0 Å². The SMILES string of the molecule is Cc1ccc(NC(=O)Nc2cc(C[C@@]3(N(C)C(=O)OC(C)(C)C)CCCNC3)ccc2F)cn1. The molecule has 0 unspecified atom stereocenters. The number of benzene rings is 1. The van der Waals surface area contributed by atoms with Crippen molar-refractivity contribution in [3.8, 4) is 0 Å². The second-order valence-corrected chi connectivity index (χ2v) is 9.80. The van der Waals surface area contributed by atoms with Crippen molar-refractivity contribution < 1.29 is 18.7 Å². The first-order chi connectivity index (χ1) is 16.0. The van der Waals surface area contributed by atoms with E-state index < -0.39 is 29.1 Å². The summed E-state index contributed by atoms with van der Waals surface area (Å²) in [5.41, 5.74) is 1.05. The van der Waals surface area contributed by atoms with Gasteiger partial charge in [0.1, 0.15) is 11.4 Å². The molecule has 0 bridgehead atoms. The Morgan fingerprint density at radius 2 is 2.00 bits per heavy atom. The van der Waals surface area contributed by atoms with Gasteiger partial charge in [-0.3, -0.25) is 4.98 Å². The Hall–Kier alpha value is -3.20. The Labute approximate surface area is 200 Å². The number of amides is 3. The van der Waals surface area contributed by atoms with Gasteiger partial charge in [0, 0.05) is 19.3 Å². The Bertz CT molecular complexity index is 1010. The number of anilines is 2. The summed E-state index contributed by atoms with van der Waals surface area (Å²) in [5, 5.41) is 8.60. The predicted octanol–water partition coefficient (Wildman–Crippen LogP) is 4.70. The Kier molecular flexibility index (Phi) is 7.76. The fourth-order valence-corrected chi connectivity index (χ4v) is 4.02. The van der Waals surface area contributed by atoms with E-state index in [1.807, 2.05) is 27.7 Å². The van der Waals surface area contributed by atoms with Gasteiger partial charge < -0.3 is 25.6 Å². The van der Waals surface area contributed by atoms with Crippen LogP contribution >= 0.6 is 0 Å². The Morgan fingerprint density at radius 1 is 1.24 bits per heavy atom. The molecule has 2 aromatic rings. The van der Waals surface area contributed by atoms with Crippen LogP contribution in [-0.2, 0) is 11.2 Å². The third-order valence-electron chi connectivity index (χ3n) is 5.81. The topological polar surface area (TPSA) is 95.6 Å². The van der Waals surface area contributed by atoms with Gasteiger partial charge in [0.25, 0.3) is 0 Å². The Morgan fingerprint density at radius 3 is 2.62 bits per heavy atom. The molecule has 1 aromatic carbocycles. The van der Waals surface area contributed by atoms with Crippen molar-refractivity contribution in [2.75, 3.05) is 30.8 Å². The zero-order valence-electron chi connectivity index (χ0n) is 20.5. The molecule has 2 heterocycles. The van der Waals surface area contributed by atoms with Crippen LogP contribution in [0.25, 0.3) is 0 Å². The van der Waals surface area contributed by atoms with E-state index in [4.69, 9.17) is 4.74 Å². The summed E-state index contributed by atoms with van der Waals surface area (Å²) in [4.78, 5) is 31.1. The molecule has 9 heteroatoms. The minimum atomic E-state index is -0.609. The number of urea groups is 1. The van der Waals surface area contributed by atoms with Crippen molar-refractivity contribution in [3.05, 3.63) is 53.6 Å². The molecule has 1 aliphatic rings. The molecular weight excluding hydrogens is 437 g/mol. The van der Waals surface area contributed by atoms with Crippen LogP contribution < -0.4 is 16.0 Å². The van der Waals surface area contributed by atoms with Gasteiger partial charge in [-0.2, -0.15) is 0 Å². The van der Waals surface area contributed by atoms with Crippen molar-refractivity contribution in [1.82, 2.24) is 15.2 Å². The summed E-state index contributed by atoms with van der Waals surface area (Å²) in [6.45, 7) is 8.80. The molecule has 3 rings (SSSR count). The van der Waals surface area contributed by atoms with Crippen LogP contribution in [-0.4, -0.2) is 53.3 Å². The standard InChI is InChI=1S/C25H34FN5O3/c1-17-7-9-19(15-28-17)29-22(32)30-21-13-18(8-10-20(21)26)14-25(11-6-12-27-16-25)31(5)23(33)34-24(2,3)4/h7-10,13,15,27H,6,11-12,14,16H2,1-5H3,(H2,29,30,32)/t25-/m0/s1. The third-order valence-corrected chi connectivity index (χ3v) is 5.81. The number of hydrogen-bond acceptors (Lipinski definition) is 5. The number of pyridine rings is 1. The van der Waals surface area contributed by atoms with E-state index in [0.29, 0.717) is 18.7 Å². The number of aromatic nitrogens is 1. The average molecular weight is 472 g/mol. The molecule has 0 saturated carbocycles. The lowest BCUT2D eigenvalue weighted by molar-refractivity contribution is -0.000628. The summed E-state index contributed by atoms with van der Waals surface area (Å²) < 4.78 is 20.1. The minimum absolute atomic E-state index is 0.0638. The van der Waals surface area contributed by atoms with Crippen molar-refractivity contribution in [3.63, 3.8) is 0 Å². The van der Waals surface area contributed by atoms with Crippen molar-refractivity contribution >= 4 is 23.5 Å². The van der Waals surface area contributed by atoms with E-state index in [1.54, 1.807) is 36.2 Å². The maximum Gasteiger partial charge on any atom is 0.410 e. The number of ether oxygens (including phenoxy) is 1. The van der Waals surface area contributed by atoms with Crippen LogP contribution in [0.15, 0.2) is 36.5 Å². The first-order valence-corrected chi connectivity index (χ1v) is 11.4. The molecule has 1 saturated heterocycles. The highest BCUT2D eigenvalue weighted by atomic mass is 19.1. The smallest absolute Gasteiger partial charge is 0.410 e. The number of halogens is 1. The lowest BCUT2D eigenvalue weighted by atomic mass is 9.82. The van der Waals surface area contributed by atoms with Gasteiger partial charge in [0.2, 0.25) is 0 Å². The summed E-state index contributed by atoms with van der Waals surface area (Å²) >= 11 is 0. The van der Waals surface area contributed by atoms with Gasteiger partial charge in [-0.1, -0.05) is 6.07 Å². The average Bonchev–Trinajstić information content (AvgIpc) is 2.76. The number of hydrogen-bond donors (Lipinski definition) is 3. The van der Waals surface area contributed by atoms with Crippen molar-refractivity contribution in [1.29, 1.82) is 0 Å². The molecule has 8 nitrogen and oxygen atoms in total. The minimum Gasteiger partial charge on any atom is -0.444 e. The Balaban J connectivity index is 1.77. The molecule has 3 N–H and O–H groups in total. The maximum absolute atomic E-state index is 14.5. The second kappa shape index (κ2) is 10.4. The van der Waals surface area contributed by atoms with Gasteiger partial charge in [-0.05, 0) is 83.3 Å². The van der Waals surface area contributed by atoms with Gasteiger partial charge in [0.05, 0.1) is 23.1 Å². The van der Waals surface area contributed by atoms with Crippen LogP contribution in [0.1, 0.15) is 44.9 Å².